The Morgan fingerprint density at radius 1 is 1.17 bits per heavy atom. The maximum atomic E-state index is 11.8. The molecule has 3 rings (SSSR count). The average Bonchev–Trinajstić information content (AvgIpc) is 2.88. The van der Waals surface area contributed by atoms with E-state index in [2.05, 4.69) is 15.3 Å². The minimum absolute atomic E-state index is 0.0123. The third kappa shape index (κ3) is 3.60. The molecule has 2 heterocycles. The normalized spacial score (nSPS) is 24.8. The smallest absolute Gasteiger partial charge is 0.234 e. The topological polar surface area (TPSA) is 84.4 Å². The van der Waals surface area contributed by atoms with Crippen LogP contribution in [0, 0.1) is 0 Å². The van der Waals surface area contributed by atoms with Crippen LogP contribution in [-0.4, -0.2) is 45.4 Å². The molecule has 0 unspecified atom stereocenters. The summed E-state index contributed by atoms with van der Waals surface area (Å²) in [4.78, 5) is 33.6. The number of nitrogens with one attached hydrogen (secondary N) is 1. The average molecular weight is 318 g/mol. The molecule has 2 fully saturated rings. The largest absolute Gasteiger partial charge is 0.477 e. The van der Waals surface area contributed by atoms with Gasteiger partial charge in [0.15, 0.2) is 0 Å². The number of ether oxygens (including phenoxy) is 1. The molecule has 23 heavy (non-hydrogen) atoms. The lowest BCUT2D eigenvalue weighted by Crippen LogP contribution is -2.43. The minimum Gasteiger partial charge on any atom is -0.477 e. The van der Waals surface area contributed by atoms with Crippen LogP contribution in [0.15, 0.2) is 12.4 Å². The fourth-order valence-corrected chi connectivity index (χ4v) is 3.32. The van der Waals surface area contributed by atoms with Crippen LogP contribution >= 0.6 is 0 Å². The summed E-state index contributed by atoms with van der Waals surface area (Å²) in [5, 5.41) is 3.37. The molecule has 0 aromatic carbocycles. The number of anilines is 1. The van der Waals surface area contributed by atoms with E-state index in [0.29, 0.717) is 31.1 Å². The van der Waals surface area contributed by atoms with Gasteiger partial charge in [0, 0.05) is 24.9 Å². The zero-order chi connectivity index (χ0) is 16.2. The highest BCUT2D eigenvalue weighted by Gasteiger charge is 2.36. The van der Waals surface area contributed by atoms with E-state index in [0.717, 1.165) is 25.7 Å². The molecule has 124 valence electrons. The Balaban J connectivity index is 1.54. The molecule has 1 aliphatic heterocycles. The van der Waals surface area contributed by atoms with Crippen LogP contribution in [0.5, 0.6) is 5.88 Å². The maximum Gasteiger partial charge on any atom is 0.234 e. The number of imide groups is 1. The summed E-state index contributed by atoms with van der Waals surface area (Å²) in [7, 11) is 0. The van der Waals surface area contributed by atoms with Crippen LogP contribution < -0.4 is 10.1 Å². The number of aromatic nitrogens is 2. The summed E-state index contributed by atoms with van der Waals surface area (Å²) < 4.78 is 5.35. The fourth-order valence-electron chi connectivity index (χ4n) is 3.32. The quantitative estimate of drug-likeness (QED) is 0.833. The number of carbonyl (C=O) groups excluding carboxylic acids is 2. The number of rotatable bonds is 5. The lowest BCUT2D eigenvalue weighted by Gasteiger charge is -2.33. The van der Waals surface area contributed by atoms with Crippen molar-refractivity contribution in [3.8, 4) is 5.88 Å². The van der Waals surface area contributed by atoms with Gasteiger partial charge in [-0.3, -0.25) is 19.5 Å². The first-order valence-corrected chi connectivity index (χ1v) is 8.23. The van der Waals surface area contributed by atoms with E-state index in [1.807, 2.05) is 6.92 Å². The highest BCUT2D eigenvalue weighted by molar-refractivity contribution is 6.02. The molecule has 2 amide bonds. The SMILES string of the molecule is CCOc1cncc(NC2CCC(N3C(=O)CCC3=O)CC2)n1. The van der Waals surface area contributed by atoms with Crippen molar-refractivity contribution in [2.45, 2.75) is 57.5 Å². The van der Waals surface area contributed by atoms with Crippen molar-refractivity contribution in [1.82, 2.24) is 14.9 Å². The maximum absolute atomic E-state index is 11.8. The van der Waals surface area contributed by atoms with Crippen molar-refractivity contribution < 1.29 is 14.3 Å². The van der Waals surface area contributed by atoms with Gasteiger partial charge in [-0.1, -0.05) is 0 Å². The number of likely N-dealkylation sites (tertiary alicyclic amines) is 1. The zero-order valence-corrected chi connectivity index (χ0v) is 13.3. The van der Waals surface area contributed by atoms with Crippen LogP contribution in [0.25, 0.3) is 0 Å². The molecule has 1 saturated carbocycles. The van der Waals surface area contributed by atoms with Crippen LogP contribution in [0.4, 0.5) is 5.82 Å². The predicted octanol–water partition coefficient (Wildman–Crippen LogP) is 1.75. The van der Waals surface area contributed by atoms with Crippen LogP contribution in [0.3, 0.4) is 0 Å². The second kappa shape index (κ2) is 6.93. The van der Waals surface area contributed by atoms with E-state index in [1.54, 1.807) is 12.4 Å². The van der Waals surface area contributed by atoms with Crippen molar-refractivity contribution >= 4 is 17.6 Å². The molecule has 7 nitrogen and oxygen atoms in total. The zero-order valence-electron chi connectivity index (χ0n) is 13.3. The second-order valence-corrected chi connectivity index (χ2v) is 5.98. The van der Waals surface area contributed by atoms with Gasteiger partial charge in [0.25, 0.3) is 0 Å². The van der Waals surface area contributed by atoms with Crippen LogP contribution in [-0.2, 0) is 9.59 Å². The number of hydrogen-bond acceptors (Lipinski definition) is 6. The number of nitrogens with zero attached hydrogens (tertiary/aromatic N) is 3. The van der Waals surface area contributed by atoms with E-state index in [9.17, 15) is 9.59 Å². The van der Waals surface area contributed by atoms with Gasteiger partial charge in [-0.25, -0.2) is 0 Å². The Hall–Kier alpha value is -2.18. The monoisotopic (exact) mass is 318 g/mol. The lowest BCUT2D eigenvalue weighted by molar-refractivity contribution is -0.141. The first-order valence-electron chi connectivity index (χ1n) is 8.23. The Bertz CT molecular complexity index is 568. The first kappa shape index (κ1) is 15.7. The molecule has 0 radical (unpaired) electrons. The molecule has 0 atom stereocenters. The molecular weight excluding hydrogens is 296 g/mol. The van der Waals surface area contributed by atoms with Gasteiger partial charge in [-0.2, -0.15) is 4.98 Å². The van der Waals surface area contributed by atoms with Crippen LogP contribution in [0.1, 0.15) is 45.4 Å². The molecule has 1 N–H and O–H groups in total. The summed E-state index contributed by atoms with van der Waals surface area (Å²) in [5.74, 6) is 1.19. The van der Waals surface area contributed by atoms with Crippen molar-refractivity contribution in [2.24, 2.45) is 0 Å². The van der Waals surface area contributed by atoms with Crippen molar-refractivity contribution in [2.75, 3.05) is 11.9 Å². The summed E-state index contributed by atoms with van der Waals surface area (Å²) in [5.41, 5.74) is 0. The second-order valence-electron chi connectivity index (χ2n) is 5.98. The molecular formula is C16H22N4O3. The van der Waals surface area contributed by atoms with Gasteiger partial charge in [0.2, 0.25) is 17.7 Å². The highest BCUT2D eigenvalue weighted by atomic mass is 16.5. The van der Waals surface area contributed by atoms with E-state index >= 15 is 0 Å². The van der Waals surface area contributed by atoms with Gasteiger partial charge in [-0.15, -0.1) is 0 Å². The standard InChI is InChI=1S/C16H22N4O3/c1-2-23-14-10-17-9-13(19-14)18-11-3-5-12(6-4-11)20-15(21)7-8-16(20)22/h9-12H,2-8H2,1H3,(H,18,19). The van der Waals surface area contributed by atoms with Gasteiger partial charge < -0.3 is 10.1 Å². The fraction of sp³-hybridized carbons (Fsp3) is 0.625. The number of amides is 2. The van der Waals surface area contributed by atoms with E-state index in [1.165, 1.54) is 4.90 Å². The number of hydrogen-bond donors (Lipinski definition) is 1. The van der Waals surface area contributed by atoms with Gasteiger partial charge in [0.05, 0.1) is 19.0 Å². The third-order valence-electron chi connectivity index (χ3n) is 4.41. The Labute approximate surface area is 135 Å². The molecule has 1 aromatic heterocycles. The predicted molar refractivity (Wildman–Crippen MR) is 84.0 cm³/mol. The number of carbonyl (C=O) groups is 2. The summed E-state index contributed by atoms with van der Waals surface area (Å²) in [6.07, 6.45) is 7.51. The molecule has 0 bridgehead atoms. The minimum atomic E-state index is -0.0123. The molecule has 0 spiro atoms. The molecule has 7 heteroatoms. The van der Waals surface area contributed by atoms with Gasteiger partial charge in [0.1, 0.15) is 5.82 Å². The van der Waals surface area contributed by atoms with Gasteiger partial charge in [-0.05, 0) is 32.6 Å². The van der Waals surface area contributed by atoms with E-state index < -0.39 is 0 Å². The Kier molecular flexibility index (Phi) is 4.73. The first-order chi connectivity index (χ1) is 11.2. The highest BCUT2D eigenvalue weighted by Crippen LogP contribution is 2.28. The summed E-state index contributed by atoms with van der Waals surface area (Å²) >= 11 is 0. The lowest BCUT2D eigenvalue weighted by atomic mass is 9.90. The van der Waals surface area contributed by atoms with Crippen molar-refractivity contribution in [3.05, 3.63) is 12.4 Å². The third-order valence-corrected chi connectivity index (χ3v) is 4.41. The molecule has 2 aliphatic rings. The Morgan fingerprint density at radius 3 is 2.52 bits per heavy atom. The summed E-state index contributed by atoms with van der Waals surface area (Å²) in [6.45, 7) is 2.46. The van der Waals surface area contributed by atoms with Crippen molar-refractivity contribution in [1.29, 1.82) is 0 Å². The molecule has 1 saturated heterocycles. The Morgan fingerprint density at radius 2 is 1.87 bits per heavy atom. The van der Waals surface area contributed by atoms with E-state index in [-0.39, 0.29) is 23.9 Å². The summed E-state index contributed by atoms with van der Waals surface area (Å²) in [6, 6.07) is 0.349. The van der Waals surface area contributed by atoms with Crippen molar-refractivity contribution in [3.63, 3.8) is 0 Å². The molecule has 1 aromatic rings. The van der Waals surface area contributed by atoms with E-state index in [4.69, 9.17) is 4.74 Å². The molecule has 1 aliphatic carbocycles. The van der Waals surface area contributed by atoms with Gasteiger partial charge >= 0.3 is 0 Å². The van der Waals surface area contributed by atoms with Crippen LogP contribution in [0.2, 0.25) is 0 Å².